The van der Waals surface area contributed by atoms with E-state index in [-0.39, 0.29) is 35.2 Å². The minimum atomic E-state index is -0.264. The molecule has 6 nitrogen and oxygen atoms in total. The van der Waals surface area contributed by atoms with Crippen LogP contribution in [0.15, 0.2) is 46.8 Å². The third-order valence-corrected chi connectivity index (χ3v) is 6.05. The van der Waals surface area contributed by atoms with Gasteiger partial charge in [-0.2, -0.15) is 0 Å². The SMILES string of the molecule is Cc1nnc(CN=C(NCCc2cccs2)NCC(C)(C)c2cccc(F)c2)n1C.I. The van der Waals surface area contributed by atoms with Crippen molar-refractivity contribution in [1.82, 2.24) is 25.4 Å². The Morgan fingerprint density at radius 1 is 1.19 bits per heavy atom. The summed E-state index contributed by atoms with van der Waals surface area (Å²) in [6.45, 7) is 7.89. The lowest BCUT2D eigenvalue weighted by molar-refractivity contribution is 0.502. The van der Waals surface area contributed by atoms with Crippen molar-refractivity contribution in [2.45, 2.75) is 39.2 Å². The number of rotatable bonds is 8. The molecule has 0 aliphatic carbocycles. The van der Waals surface area contributed by atoms with Crippen LogP contribution in [0.1, 0.15) is 35.9 Å². The van der Waals surface area contributed by atoms with Crippen LogP contribution in [-0.4, -0.2) is 33.8 Å². The molecule has 2 heterocycles. The predicted octanol–water partition coefficient (Wildman–Crippen LogP) is 4.20. The molecular formula is C22H30FIN6S. The van der Waals surface area contributed by atoms with E-state index in [2.05, 4.69) is 52.2 Å². The number of aryl methyl sites for hydroxylation is 1. The first kappa shape index (κ1) is 25.3. The summed E-state index contributed by atoms with van der Waals surface area (Å²) in [7, 11) is 1.94. The number of hydrogen-bond donors (Lipinski definition) is 2. The highest BCUT2D eigenvalue weighted by Gasteiger charge is 2.21. The van der Waals surface area contributed by atoms with Crippen LogP contribution in [0.3, 0.4) is 0 Å². The van der Waals surface area contributed by atoms with Crippen LogP contribution in [0.4, 0.5) is 4.39 Å². The van der Waals surface area contributed by atoms with Gasteiger partial charge in [0.1, 0.15) is 18.2 Å². The molecule has 0 atom stereocenters. The normalized spacial score (nSPS) is 11.8. The second-order valence-electron chi connectivity index (χ2n) is 7.89. The van der Waals surface area contributed by atoms with Gasteiger partial charge in [0.25, 0.3) is 0 Å². The van der Waals surface area contributed by atoms with Crippen molar-refractivity contribution < 1.29 is 4.39 Å². The number of guanidine groups is 1. The standard InChI is InChI=1S/C22H29FN6S.HI/c1-16-27-28-20(29(16)4)14-25-21(24-11-10-19-9-6-12-30-19)26-15-22(2,3)17-7-5-8-18(23)13-17;/h5-9,12-13H,10-11,14-15H2,1-4H3,(H2,24,25,26);1H. The molecule has 31 heavy (non-hydrogen) atoms. The molecule has 0 aliphatic heterocycles. The molecule has 3 aromatic rings. The van der Waals surface area contributed by atoms with Crippen molar-refractivity contribution in [2.75, 3.05) is 13.1 Å². The molecule has 0 radical (unpaired) electrons. The summed E-state index contributed by atoms with van der Waals surface area (Å²) in [6.07, 6.45) is 0.925. The highest BCUT2D eigenvalue weighted by molar-refractivity contribution is 14.0. The van der Waals surface area contributed by atoms with E-state index >= 15 is 0 Å². The Kier molecular flexibility index (Phi) is 9.42. The van der Waals surface area contributed by atoms with E-state index in [9.17, 15) is 4.39 Å². The first-order valence-corrected chi connectivity index (χ1v) is 10.9. The van der Waals surface area contributed by atoms with Crippen molar-refractivity contribution in [3.8, 4) is 0 Å². The molecule has 0 spiro atoms. The molecule has 3 rings (SSSR count). The van der Waals surface area contributed by atoms with Crippen LogP contribution in [-0.2, 0) is 25.4 Å². The van der Waals surface area contributed by atoms with Gasteiger partial charge in [-0.05, 0) is 42.5 Å². The summed E-state index contributed by atoms with van der Waals surface area (Å²) < 4.78 is 15.6. The fourth-order valence-corrected chi connectivity index (χ4v) is 3.70. The topological polar surface area (TPSA) is 67.1 Å². The maximum atomic E-state index is 13.7. The second-order valence-corrected chi connectivity index (χ2v) is 8.92. The Bertz CT molecular complexity index is 984. The monoisotopic (exact) mass is 556 g/mol. The minimum absolute atomic E-state index is 0. The first-order valence-electron chi connectivity index (χ1n) is 10.0. The first-order chi connectivity index (χ1) is 14.3. The number of benzene rings is 1. The summed E-state index contributed by atoms with van der Waals surface area (Å²) in [6, 6.07) is 10.9. The van der Waals surface area contributed by atoms with Crippen LogP contribution in [0.5, 0.6) is 0 Å². The second kappa shape index (κ2) is 11.6. The zero-order valence-corrected chi connectivity index (χ0v) is 21.5. The van der Waals surface area contributed by atoms with E-state index in [1.807, 2.05) is 24.6 Å². The van der Waals surface area contributed by atoms with Crippen LogP contribution < -0.4 is 10.6 Å². The molecule has 1 aromatic carbocycles. The Morgan fingerprint density at radius 2 is 2.00 bits per heavy atom. The quantitative estimate of drug-likeness (QED) is 0.248. The lowest BCUT2D eigenvalue weighted by Gasteiger charge is -2.27. The van der Waals surface area contributed by atoms with E-state index in [1.165, 1.54) is 10.9 Å². The van der Waals surface area contributed by atoms with Crippen molar-refractivity contribution >= 4 is 41.3 Å². The summed E-state index contributed by atoms with van der Waals surface area (Å²) in [5.41, 5.74) is 0.677. The van der Waals surface area contributed by atoms with Crippen LogP contribution in [0, 0.1) is 12.7 Å². The third-order valence-electron chi connectivity index (χ3n) is 5.11. The number of nitrogens with zero attached hydrogens (tertiary/aromatic N) is 4. The number of aliphatic imine (C=N–C) groups is 1. The summed E-state index contributed by atoms with van der Waals surface area (Å²) in [5.74, 6) is 2.14. The van der Waals surface area contributed by atoms with Crippen LogP contribution in [0.25, 0.3) is 0 Å². The van der Waals surface area contributed by atoms with Gasteiger partial charge in [-0.15, -0.1) is 45.5 Å². The molecule has 0 fully saturated rings. The van der Waals surface area contributed by atoms with Crippen molar-refractivity contribution in [2.24, 2.45) is 12.0 Å². The van der Waals surface area contributed by atoms with Gasteiger partial charge in [0.15, 0.2) is 11.8 Å². The maximum absolute atomic E-state index is 13.7. The van der Waals surface area contributed by atoms with Gasteiger partial charge in [-0.25, -0.2) is 9.38 Å². The van der Waals surface area contributed by atoms with Crippen molar-refractivity contribution in [1.29, 1.82) is 0 Å². The van der Waals surface area contributed by atoms with Gasteiger partial charge in [0, 0.05) is 30.4 Å². The van der Waals surface area contributed by atoms with Gasteiger partial charge in [-0.3, -0.25) is 0 Å². The molecule has 0 amide bonds. The van der Waals surface area contributed by atoms with E-state index in [0.717, 1.165) is 30.2 Å². The minimum Gasteiger partial charge on any atom is -0.356 e. The van der Waals surface area contributed by atoms with Gasteiger partial charge < -0.3 is 15.2 Å². The van der Waals surface area contributed by atoms with E-state index < -0.39 is 0 Å². The zero-order valence-electron chi connectivity index (χ0n) is 18.4. The third kappa shape index (κ3) is 7.27. The van der Waals surface area contributed by atoms with Crippen LogP contribution in [0.2, 0.25) is 0 Å². The molecule has 0 unspecified atom stereocenters. The summed E-state index contributed by atoms with van der Waals surface area (Å²) in [4.78, 5) is 6.03. The number of nitrogens with one attached hydrogen (secondary N) is 2. The molecule has 2 N–H and O–H groups in total. The fourth-order valence-electron chi connectivity index (χ4n) is 2.99. The Hall–Kier alpha value is -2.01. The lowest BCUT2D eigenvalue weighted by atomic mass is 9.84. The number of thiophene rings is 1. The van der Waals surface area contributed by atoms with Crippen LogP contribution >= 0.6 is 35.3 Å². The van der Waals surface area contributed by atoms with Gasteiger partial charge in [-0.1, -0.05) is 32.0 Å². The lowest BCUT2D eigenvalue weighted by Crippen LogP contribution is -2.44. The Labute approximate surface area is 204 Å². The largest absolute Gasteiger partial charge is 0.356 e. The summed E-state index contributed by atoms with van der Waals surface area (Å²) in [5, 5.41) is 17.2. The zero-order chi connectivity index (χ0) is 21.6. The highest BCUT2D eigenvalue weighted by Crippen LogP contribution is 2.22. The average molecular weight is 556 g/mol. The van der Waals surface area contributed by atoms with Crippen molar-refractivity contribution in [3.63, 3.8) is 0 Å². The molecule has 0 bridgehead atoms. The number of aromatic nitrogens is 3. The molecule has 0 aliphatic rings. The average Bonchev–Trinajstić information content (AvgIpc) is 3.34. The number of halogens is 2. The smallest absolute Gasteiger partial charge is 0.191 e. The summed E-state index contributed by atoms with van der Waals surface area (Å²) >= 11 is 1.75. The Balaban J connectivity index is 0.00000341. The van der Waals surface area contributed by atoms with Gasteiger partial charge in [0.05, 0.1) is 0 Å². The highest BCUT2D eigenvalue weighted by atomic mass is 127. The Morgan fingerprint density at radius 3 is 2.65 bits per heavy atom. The number of hydrogen-bond acceptors (Lipinski definition) is 4. The van der Waals surface area contributed by atoms with E-state index in [0.29, 0.717) is 19.0 Å². The van der Waals surface area contributed by atoms with Gasteiger partial charge >= 0.3 is 0 Å². The fraction of sp³-hybridized carbons (Fsp3) is 0.409. The molecule has 2 aromatic heterocycles. The van der Waals surface area contributed by atoms with E-state index in [4.69, 9.17) is 4.99 Å². The molecule has 9 heteroatoms. The maximum Gasteiger partial charge on any atom is 0.191 e. The predicted molar refractivity (Wildman–Crippen MR) is 136 cm³/mol. The van der Waals surface area contributed by atoms with Crippen molar-refractivity contribution in [3.05, 3.63) is 69.7 Å². The molecular weight excluding hydrogens is 526 g/mol. The molecule has 168 valence electrons. The molecule has 0 saturated heterocycles. The van der Waals surface area contributed by atoms with Gasteiger partial charge in [0.2, 0.25) is 0 Å². The van der Waals surface area contributed by atoms with E-state index in [1.54, 1.807) is 23.5 Å². The molecule has 0 saturated carbocycles.